The van der Waals surface area contributed by atoms with Crippen molar-refractivity contribution in [3.63, 3.8) is 0 Å². The maximum atomic E-state index is 12.1. The van der Waals surface area contributed by atoms with Crippen molar-refractivity contribution >= 4 is 17.6 Å². The van der Waals surface area contributed by atoms with Gasteiger partial charge in [-0.05, 0) is 43.7 Å². The first-order valence-electron chi connectivity index (χ1n) is 6.57. The van der Waals surface area contributed by atoms with E-state index in [0.717, 1.165) is 25.7 Å². The molecule has 5 heteroatoms. The average Bonchev–Trinajstić information content (AvgIpc) is 2.39. The molecule has 1 aromatic rings. The lowest BCUT2D eigenvalue weighted by Gasteiger charge is -2.25. The van der Waals surface area contributed by atoms with Crippen LogP contribution in [-0.2, 0) is 4.79 Å². The summed E-state index contributed by atoms with van der Waals surface area (Å²) in [6.45, 7) is 2.19. The maximum Gasteiger partial charge on any atom is 0.356 e. The highest BCUT2D eigenvalue weighted by molar-refractivity contribution is 5.99. The predicted molar refractivity (Wildman–Crippen MR) is 70.9 cm³/mol. The molecular weight excluding hydrogens is 244 g/mol. The second-order valence-electron chi connectivity index (χ2n) is 5.15. The van der Waals surface area contributed by atoms with E-state index in [2.05, 4.69) is 17.2 Å². The van der Waals surface area contributed by atoms with E-state index < -0.39 is 5.97 Å². The minimum Gasteiger partial charge on any atom is -0.476 e. The number of hydrogen-bond donors (Lipinski definition) is 2. The molecule has 0 atom stereocenters. The normalized spacial score (nSPS) is 22.8. The van der Waals surface area contributed by atoms with Gasteiger partial charge >= 0.3 is 5.97 Å². The fourth-order valence-corrected chi connectivity index (χ4v) is 2.43. The van der Waals surface area contributed by atoms with Crippen LogP contribution in [0.3, 0.4) is 0 Å². The van der Waals surface area contributed by atoms with E-state index in [9.17, 15) is 9.59 Å². The summed E-state index contributed by atoms with van der Waals surface area (Å²) in [5, 5.41) is 11.7. The van der Waals surface area contributed by atoms with Gasteiger partial charge in [0.1, 0.15) is 0 Å². The number of nitrogens with zero attached hydrogens (tertiary/aromatic N) is 1. The van der Waals surface area contributed by atoms with Crippen molar-refractivity contribution < 1.29 is 14.7 Å². The molecule has 1 aliphatic rings. The molecule has 0 bridgehead atoms. The van der Waals surface area contributed by atoms with Crippen molar-refractivity contribution in [1.29, 1.82) is 0 Å². The van der Waals surface area contributed by atoms with Crippen molar-refractivity contribution in [3.8, 4) is 0 Å². The molecular formula is C14H18N2O3. The van der Waals surface area contributed by atoms with Gasteiger partial charge in [0.25, 0.3) is 0 Å². The molecule has 5 nitrogen and oxygen atoms in total. The molecule has 1 heterocycles. The molecule has 0 aliphatic heterocycles. The summed E-state index contributed by atoms with van der Waals surface area (Å²) in [5.41, 5.74) is 0.165. The number of rotatable bonds is 3. The van der Waals surface area contributed by atoms with Gasteiger partial charge < -0.3 is 10.4 Å². The maximum absolute atomic E-state index is 12.1. The van der Waals surface area contributed by atoms with E-state index in [1.165, 1.54) is 6.20 Å². The van der Waals surface area contributed by atoms with Crippen molar-refractivity contribution in [3.05, 3.63) is 24.0 Å². The van der Waals surface area contributed by atoms with Crippen LogP contribution in [0.2, 0.25) is 0 Å². The monoisotopic (exact) mass is 262 g/mol. The number of amides is 1. The SMILES string of the molecule is CC1CCC(C(=O)Nc2cccnc2C(=O)O)CC1. The van der Waals surface area contributed by atoms with Gasteiger partial charge in [-0.3, -0.25) is 4.79 Å². The fourth-order valence-electron chi connectivity index (χ4n) is 2.43. The molecule has 0 spiro atoms. The highest BCUT2D eigenvalue weighted by Crippen LogP contribution is 2.29. The number of carbonyl (C=O) groups is 2. The van der Waals surface area contributed by atoms with Gasteiger partial charge in [0.15, 0.2) is 5.69 Å². The van der Waals surface area contributed by atoms with Gasteiger partial charge in [0.05, 0.1) is 5.69 Å². The molecule has 1 aliphatic carbocycles. The Balaban J connectivity index is 2.05. The molecule has 0 aromatic carbocycles. The molecule has 2 rings (SSSR count). The third kappa shape index (κ3) is 3.30. The van der Waals surface area contributed by atoms with Gasteiger partial charge in [0.2, 0.25) is 5.91 Å². The number of carbonyl (C=O) groups excluding carboxylic acids is 1. The van der Waals surface area contributed by atoms with E-state index in [1.807, 2.05) is 0 Å². The summed E-state index contributed by atoms with van der Waals surface area (Å²) >= 11 is 0. The lowest BCUT2D eigenvalue weighted by atomic mass is 9.82. The van der Waals surface area contributed by atoms with Crippen LogP contribution in [0.4, 0.5) is 5.69 Å². The Morgan fingerprint density at radius 2 is 2.00 bits per heavy atom. The Hall–Kier alpha value is -1.91. The van der Waals surface area contributed by atoms with E-state index in [1.54, 1.807) is 12.1 Å². The summed E-state index contributed by atoms with van der Waals surface area (Å²) < 4.78 is 0. The van der Waals surface area contributed by atoms with Gasteiger partial charge in [-0.25, -0.2) is 9.78 Å². The molecule has 19 heavy (non-hydrogen) atoms. The Morgan fingerprint density at radius 3 is 2.63 bits per heavy atom. The minimum atomic E-state index is -1.13. The zero-order valence-corrected chi connectivity index (χ0v) is 10.9. The van der Waals surface area contributed by atoms with Crippen LogP contribution < -0.4 is 5.32 Å². The minimum absolute atomic E-state index is 0.0157. The fraction of sp³-hybridized carbons (Fsp3) is 0.500. The van der Waals surface area contributed by atoms with E-state index in [-0.39, 0.29) is 23.2 Å². The summed E-state index contributed by atoms with van der Waals surface area (Å²) in [6, 6.07) is 3.19. The zero-order chi connectivity index (χ0) is 13.8. The van der Waals surface area contributed by atoms with Gasteiger partial charge in [-0.1, -0.05) is 6.92 Å². The smallest absolute Gasteiger partial charge is 0.356 e. The summed E-state index contributed by atoms with van der Waals surface area (Å²) in [7, 11) is 0. The standard InChI is InChI=1S/C14H18N2O3/c1-9-4-6-10(7-5-9)13(17)16-11-3-2-8-15-12(11)14(18)19/h2-3,8-10H,4-7H2,1H3,(H,16,17)(H,18,19). The number of aromatic carboxylic acids is 1. The first kappa shape index (κ1) is 13.5. The van der Waals surface area contributed by atoms with Gasteiger partial charge in [0, 0.05) is 12.1 Å². The molecule has 1 aromatic heterocycles. The van der Waals surface area contributed by atoms with E-state index in [0.29, 0.717) is 5.92 Å². The van der Waals surface area contributed by atoms with Crippen molar-refractivity contribution in [2.75, 3.05) is 5.32 Å². The number of pyridine rings is 1. The Kier molecular flexibility index (Phi) is 4.14. The molecule has 1 saturated carbocycles. The molecule has 2 N–H and O–H groups in total. The van der Waals surface area contributed by atoms with Crippen LogP contribution in [0.15, 0.2) is 18.3 Å². The van der Waals surface area contributed by atoms with Crippen LogP contribution >= 0.6 is 0 Å². The van der Waals surface area contributed by atoms with Crippen LogP contribution in [-0.4, -0.2) is 22.0 Å². The molecule has 102 valence electrons. The van der Waals surface area contributed by atoms with Crippen LogP contribution in [0, 0.1) is 11.8 Å². The Labute approximate surface area is 112 Å². The lowest BCUT2D eigenvalue weighted by molar-refractivity contribution is -0.121. The molecule has 0 saturated heterocycles. The van der Waals surface area contributed by atoms with Crippen molar-refractivity contribution in [1.82, 2.24) is 4.98 Å². The highest BCUT2D eigenvalue weighted by Gasteiger charge is 2.25. The second-order valence-corrected chi connectivity index (χ2v) is 5.15. The van der Waals surface area contributed by atoms with Crippen molar-refractivity contribution in [2.24, 2.45) is 11.8 Å². The third-order valence-corrected chi connectivity index (χ3v) is 3.65. The molecule has 0 unspecified atom stereocenters. The quantitative estimate of drug-likeness (QED) is 0.877. The van der Waals surface area contributed by atoms with Crippen LogP contribution in [0.25, 0.3) is 0 Å². The number of hydrogen-bond acceptors (Lipinski definition) is 3. The molecule has 1 amide bonds. The summed E-state index contributed by atoms with van der Waals surface area (Å²) in [6.07, 6.45) is 5.25. The summed E-state index contributed by atoms with van der Waals surface area (Å²) in [5.74, 6) is -0.564. The summed E-state index contributed by atoms with van der Waals surface area (Å²) in [4.78, 5) is 26.9. The van der Waals surface area contributed by atoms with Gasteiger partial charge in [-0.2, -0.15) is 0 Å². The van der Waals surface area contributed by atoms with E-state index in [4.69, 9.17) is 5.11 Å². The van der Waals surface area contributed by atoms with Crippen molar-refractivity contribution in [2.45, 2.75) is 32.6 Å². The molecule has 0 radical (unpaired) electrons. The number of aromatic nitrogens is 1. The average molecular weight is 262 g/mol. The highest BCUT2D eigenvalue weighted by atomic mass is 16.4. The largest absolute Gasteiger partial charge is 0.476 e. The Bertz CT molecular complexity index is 479. The van der Waals surface area contributed by atoms with E-state index >= 15 is 0 Å². The Morgan fingerprint density at radius 1 is 1.32 bits per heavy atom. The number of anilines is 1. The lowest BCUT2D eigenvalue weighted by Crippen LogP contribution is -2.27. The predicted octanol–water partition coefficient (Wildman–Crippen LogP) is 2.54. The third-order valence-electron chi connectivity index (χ3n) is 3.65. The molecule has 1 fully saturated rings. The first-order valence-corrected chi connectivity index (χ1v) is 6.57. The van der Waals surface area contributed by atoms with Crippen LogP contribution in [0.5, 0.6) is 0 Å². The number of nitrogens with one attached hydrogen (secondary N) is 1. The number of carboxylic acid groups (broad SMARTS) is 1. The second kappa shape index (κ2) is 5.82. The van der Waals surface area contributed by atoms with Gasteiger partial charge in [-0.15, -0.1) is 0 Å². The zero-order valence-electron chi connectivity index (χ0n) is 10.9. The topological polar surface area (TPSA) is 79.3 Å². The number of carboxylic acids is 1. The van der Waals surface area contributed by atoms with Crippen LogP contribution in [0.1, 0.15) is 43.1 Å². The first-order chi connectivity index (χ1) is 9.08.